The molecule has 3 aliphatic carbocycles. The summed E-state index contributed by atoms with van der Waals surface area (Å²) in [5, 5.41) is 0. The second-order valence-corrected chi connectivity index (χ2v) is 10.7. The van der Waals surface area contributed by atoms with Gasteiger partial charge in [0.05, 0.1) is 0 Å². The van der Waals surface area contributed by atoms with Crippen LogP contribution in [0, 0.1) is 46.8 Å². The summed E-state index contributed by atoms with van der Waals surface area (Å²) in [6.45, 7) is 13.7. The summed E-state index contributed by atoms with van der Waals surface area (Å²) >= 11 is 0. The maximum atomic E-state index is 11.4. The molecule has 2 nitrogen and oxygen atoms in total. The Morgan fingerprint density at radius 1 is 1.19 bits per heavy atom. The molecule has 27 heavy (non-hydrogen) atoms. The number of esters is 1. The molecule has 0 aromatic heterocycles. The number of hydrogen-bond donors (Lipinski definition) is 0. The lowest BCUT2D eigenvalue weighted by atomic mass is 9.53. The molecule has 2 heteroatoms. The molecule has 0 bridgehead atoms. The SMILES string of the molecule is CC(=O)OC1=CC[C@@H]2[C@H](CC[C@]3(C)[C@H]2CC[C@H]3[C@H](C)CCCC(C)C)[C@H]1C. The van der Waals surface area contributed by atoms with E-state index >= 15 is 0 Å². The average Bonchev–Trinajstić information content (AvgIpc) is 2.94. The highest BCUT2D eigenvalue weighted by Crippen LogP contribution is 2.63. The van der Waals surface area contributed by atoms with E-state index < -0.39 is 0 Å². The van der Waals surface area contributed by atoms with Crippen molar-refractivity contribution in [3.8, 4) is 0 Å². The molecule has 7 atom stereocenters. The lowest BCUT2D eigenvalue weighted by Crippen LogP contribution is -2.45. The number of carbonyl (C=O) groups is 1. The fourth-order valence-electron chi connectivity index (χ4n) is 7.25. The van der Waals surface area contributed by atoms with Crippen LogP contribution in [0.15, 0.2) is 11.8 Å². The van der Waals surface area contributed by atoms with Crippen LogP contribution in [0.5, 0.6) is 0 Å². The van der Waals surface area contributed by atoms with Crippen LogP contribution in [0.3, 0.4) is 0 Å². The van der Waals surface area contributed by atoms with Gasteiger partial charge in [-0.25, -0.2) is 0 Å². The van der Waals surface area contributed by atoms with E-state index in [1.54, 1.807) is 0 Å². The van der Waals surface area contributed by atoms with Crippen LogP contribution in [-0.4, -0.2) is 5.97 Å². The van der Waals surface area contributed by atoms with Crippen molar-refractivity contribution in [1.82, 2.24) is 0 Å². The Labute approximate surface area is 167 Å². The van der Waals surface area contributed by atoms with Crippen LogP contribution >= 0.6 is 0 Å². The monoisotopic (exact) mass is 374 g/mol. The molecule has 3 rings (SSSR count). The van der Waals surface area contributed by atoms with Crippen molar-refractivity contribution < 1.29 is 9.53 Å². The van der Waals surface area contributed by atoms with E-state index in [2.05, 4.69) is 40.7 Å². The van der Waals surface area contributed by atoms with Crippen LogP contribution in [0.1, 0.15) is 92.9 Å². The van der Waals surface area contributed by atoms with E-state index in [4.69, 9.17) is 4.74 Å². The molecule has 0 aromatic carbocycles. The highest BCUT2D eigenvalue weighted by Gasteiger charge is 2.56. The third kappa shape index (κ3) is 4.15. The van der Waals surface area contributed by atoms with Gasteiger partial charge in [-0.15, -0.1) is 0 Å². The molecule has 0 amide bonds. The van der Waals surface area contributed by atoms with Gasteiger partial charge in [-0.3, -0.25) is 4.79 Å². The molecular formula is C25H42O2. The predicted octanol–water partition coefficient (Wildman–Crippen LogP) is 6.99. The Balaban J connectivity index is 1.69. The molecule has 3 aliphatic rings. The lowest BCUT2D eigenvalue weighted by molar-refractivity contribution is -0.139. The second kappa shape index (κ2) is 8.29. The van der Waals surface area contributed by atoms with Gasteiger partial charge in [-0.05, 0) is 79.1 Å². The molecule has 0 saturated heterocycles. The van der Waals surface area contributed by atoms with E-state index in [0.717, 1.165) is 41.8 Å². The van der Waals surface area contributed by atoms with Gasteiger partial charge in [0, 0.05) is 12.8 Å². The first-order chi connectivity index (χ1) is 12.7. The van der Waals surface area contributed by atoms with Crippen LogP contribution in [0.4, 0.5) is 0 Å². The quantitative estimate of drug-likeness (QED) is 0.468. The number of hydrogen-bond acceptors (Lipinski definition) is 2. The topological polar surface area (TPSA) is 26.3 Å². The van der Waals surface area contributed by atoms with Gasteiger partial charge >= 0.3 is 5.97 Å². The minimum atomic E-state index is -0.164. The van der Waals surface area contributed by atoms with Crippen molar-refractivity contribution in [2.75, 3.05) is 0 Å². The summed E-state index contributed by atoms with van der Waals surface area (Å²) < 4.78 is 5.53. The maximum absolute atomic E-state index is 11.4. The molecule has 0 spiro atoms. The Kier molecular flexibility index (Phi) is 6.43. The molecule has 0 aromatic rings. The van der Waals surface area contributed by atoms with Crippen molar-refractivity contribution >= 4 is 5.97 Å². The summed E-state index contributed by atoms with van der Waals surface area (Å²) in [6, 6.07) is 0. The van der Waals surface area contributed by atoms with E-state index in [1.165, 1.54) is 51.9 Å². The number of fused-ring (bicyclic) bond motifs is 3. The van der Waals surface area contributed by atoms with Gasteiger partial charge in [-0.2, -0.15) is 0 Å². The molecule has 0 unspecified atom stereocenters. The molecule has 0 heterocycles. The summed E-state index contributed by atoms with van der Waals surface area (Å²) in [4.78, 5) is 11.4. The minimum absolute atomic E-state index is 0.164. The zero-order valence-electron chi connectivity index (χ0n) is 18.6. The van der Waals surface area contributed by atoms with Crippen LogP contribution in [0.2, 0.25) is 0 Å². The van der Waals surface area contributed by atoms with Crippen LogP contribution in [-0.2, 0) is 9.53 Å². The molecule has 2 saturated carbocycles. The molecule has 0 radical (unpaired) electrons. The number of rotatable bonds is 6. The zero-order chi connectivity index (χ0) is 19.8. The zero-order valence-corrected chi connectivity index (χ0v) is 18.6. The molecular weight excluding hydrogens is 332 g/mol. The number of carbonyl (C=O) groups excluding carboxylic acids is 1. The minimum Gasteiger partial charge on any atom is -0.431 e. The van der Waals surface area contributed by atoms with Crippen molar-refractivity contribution in [3.63, 3.8) is 0 Å². The van der Waals surface area contributed by atoms with Gasteiger partial charge < -0.3 is 4.74 Å². The number of allylic oxidation sites excluding steroid dienone is 2. The fraction of sp³-hybridized carbons (Fsp3) is 0.880. The van der Waals surface area contributed by atoms with Crippen LogP contribution in [0.25, 0.3) is 0 Å². The highest BCUT2D eigenvalue weighted by molar-refractivity contribution is 5.67. The van der Waals surface area contributed by atoms with Crippen molar-refractivity contribution in [3.05, 3.63) is 11.8 Å². The van der Waals surface area contributed by atoms with Gasteiger partial charge in [-0.1, -0.05) is 53.9 Å². The van der Waals surface area contributed by atoms with Gasteiger partial charge in [0.15, 0.2) is 0 Å². The van der Waals surface area contributed by atoms with Crippen molar-refractivity contribution in [2.24, 2.45) is 46.8 Å². The molecule has 154 valence electrons. The Hall–Kier alpha value is -0.790. The second-order valence-electron chi connectivity index (χ2n) is 10.7. The Bertz CT molecular complexity index is 563. The van der Waals surface area contributed by atoms with Gasteiger partial charge in [0.2, 0.25) is 0 Å². The summed E-state index contributed by atoms with van der Waals surface area (Å²) in [5.41, 5.74) is 0.533. The normalized spacial score (nSPS) is 39.5. The standard InChI is InChI=1S/C25H42O2/c1-16(2)8-7-9-17(3)22-11-12-23-21-10-13-24(27-19(5)26)18(4)20(21)14-15-25(22,23)6/h13,16-18,20-23H,7-12,14-15H2,1-6H3/t17-,18-,20-,21-,22+,23+,25+/m1/s1. The smallest absolute Gasteiger partial charge is 0.307 e. The largest absolute Gasteiger partial charge is 0.431 e. The first-order valence-corrected chi connectivity index (χ1v) is 11.6. The Morgan fingerprint density at radius 3 is 2.59 bits per heavy atom. The maximum Gasteiger partial charge on any atom is 0.307 e. The first kappa shape index (κ1) is 20.9. The van der Waals surface area contributed by atoms with Crippen molar-refractivity contribution in [2.45, 2.75) is 92.9 Å². The van der Waals surface area contributed by atoms with Crippen LogP contribution < -0.4 is 0 Å². The third-order valence-electron chi connectivity index (χ3n) is 8.64. The van der Waals surface area contributed by atoms with Gasteiger partial charge in [0.25, 0.3) is 0 Å². The van der Waals surface area contributed by atoms with E-state index in [9.17, 15) is 4.79 Å². The van der Waals surface area contributed by atoms with Crippen molar-refractivity contribution in [1.29, 1.82) is 0 Å². The van der Waals surface area contributed by atoms with E-state index in [1.807, 2.05) is 0 Å². The summed E-state index contributed by atoms with van der Waals surface area (Å²) in [5.74, 6) is 6.16. The molecule has 0 aliphatic heterocycles. The Morgan fingerprint density at radius 2 is 1.93 bits per heavy atom. The average molecular weight is 375 g/mol. The lowest BCUT2D eigenvalue weighted by Gasteiger charge is -2.52. The van der Waals surface area contributed by atoms with E-state index in [0.29, 0.717) is 17.3 Å². The fourth-order valence-corrected chi connectivity index (χ4v) is 7.25. The van der Waals surface area contributed by atoms with Gasteiger partial charge in [0.1, 0.15) is 5.76 Å². The summed E-state index contributed by atoms with van der Waals surface area (Å²) in [7, 11) is 0. The number of ether oxygens (including phenoxy) is 1. The highest BCUT2D eigenvalue weighted by atomic mass is 16.5. The predicted molar refractivity (Wildman–Crippen MR) is 112 cm³/mol. The molecule has 0 N–H and O–H groups in total. The van der Waals surface area contributed by atoms with E-state index in [-0.39, 0.29) is 5.97 Å². The summed E-state index contributed by atoms with van der Waals surface area (Å²) in [6.07, 6.45) is 13.1. The molecule has 2 fully saturated rings. The third-order valence-corrected chi connectivity index (χ3v) is 8.64. The first-order valence-electron chi connectivity index (χ1n) is 11.6.